The molecule has 0 saturated heterocycles. The molecule has 0 saturated carbocycles. The molecular weight excluding hydrogens is 623 g/mol. The molecule has 3 amide bonds. The van der Waals surface area contributed by atoms with Crippen molar-refractivity contribution in [3.8, 4) is 11.1 Å². The number of carbonyl (C=O) groups excluding carboxylic acids is 3. The topological polar surface area (TPSA) is 125 Å². The fourth-order valence-corrected chi connectivity index (χ4v) is 5.67. The first kappa shape index (κ1) is 33.4. The summed E-state index contributed by atoms with van der Waals surface area (Å²) < 4.78 is 0. The molecule has 0 bridgehead atoms. The van der Waals surface area contributed by atoms with Gasteiger partial charge in [-0.15, -0.1) is 11.8 Å². The Morgan fingerprint density at radius 3 is 2.06 bits per heavy atom. The molecular formula is C39H33N3O5S. The number of benzene rings is 5. The van der Waals surface area contributed by atoms with Gasteiger partial charge in [0.15, 0.2) is 0 Å². The minimum Gasteiger partial charge on any atom is -0.478 e. The van der Waals surface area contributed by atoms with Gasteiger partial charge in [0.05, 0.1) is 10.8 Å². The molecule has 5 aromatic carbocycles. The lowest BCUT2D eigenvalue weighted by Gasteiger charge is -2.15. The van der Waals surface area contributed by atoms with Crippen LogP contribution in [0, 0.1) is 6.92 Å². The molecule has 0 heterocycles. The van der Waals surface area contributed by atoms with Crippen LogP contribution in [-0.4, -0.2) is 34.0 Å². The van der Waals surface area contributed by atoms with E-state index in [0.717, 1.165) is 27.1 Å². The second kappa shape index (κ2) is 15.6. The van der Waals surface area contributed by atoms with E-state index in [1.54, 1.807) is 68.5 Å². The zero-order valence-electron chi connectivity index (χ0n) is 26.3. The van der Waals surface area contributed by atoms with Gasteiger partial charge in [-0.3, -0.25) is 14.4 Å². The fraction of sp³-hybridized carbons (Fsp3) is 0.0769. The zero-order chi connectivity index (χ0) is 34.0. The van der Waals surface area contributed by atoms with Crippen molar-refractivity contribution >= 4 is 52.9 Å². The van der Waals surface area contributed by atoms with E-state index in [-0.39, 0.29) is 17.2 Å². The van der Waals surface area contributed by atoms with E-state index in [0.29, 0.717) is 16.9 Å². The summed E-state index contributed by atoms with van der Waals surface area (Å²) in [4.78, 5) is 51.8. The van der Waals surface area contributed by atoms with Gasteiger partial charge in [0.1, 0.15) is 5.70 Å². The Morgan fingerprint density at radius 1 is 0.708 bits per heavy atom. The van der Waals surface area contributed by atoms with Gasteiger partial charge in [-0.25, -0.2) is 4.79 Å². The SMILES string of the molecule is Cc1ccc(C(=O)O)cc1NC(=O)C(C)Sc1cccc(NC(=O)/C(=C\c2ccc(-c3ccccc3)cc2)NC(=O)c2ccccc2)c1. The minimum atomic E-state index is -1.08. The molecule has 4 N–H and O–H groups in total. The van der Waals surface area contributed by atoms with Crippen molar-refractivity contribution in [2.24, 2.45) is 0 Å². The van der Waals surface area contributed by atoms with Gasteiger partial charge in [-0.05, 0) is 84.6 Å². The Hall–Kier alpha value is -5.93. The van der Waals surface area contributed by atoms with Crippen molar-refractivity contribution in [3.05, 3.63) is 155 Å². The van der Waals surface area contributed by atoms with Crippen LogP contribution in [0.15, 0.2) is 138 Å². The zero-order valence-corrected chi connectivity index (χ0v) is 27.1. The van der Waals surface area contributed by atoms with Gasteiger partial charge in [-0.2, -0.15) is 0 Å². The molecule has 0 radical (unpaired) electrons. The van der Waals surface area contributed by atoms with Crippen LogP contribution < -0.4 is 16.0 Å². The number of hydrogen-bond acceptors (Lipinski definition) is 5. The van der Waals surface area contributed by atoms with Crippen molar-refractivity contribution < 1.29 is 24.3 Å². The third-order valence-electron chi connectivity index (χ3n) is 7.37. The number of nitrogens with one attached hydrogen (secondary N) is 3. The summed E-state index contributed by atoms with van der Waals surface area (Å²) in [5.74, 6) is -2.32. The van der Waals surface area contributed by atoms with E-state index < -0.39 is 23.0 Å². The molecule has 5 aromatic rings. The van der Waals surface area contributed by atoms with Crippen LogP contribution in [0.3, 0.4) is 0 Å². The lowest BCUT2D eigenvalue weighted by Crippen LogP contribution is -2.30. The predicted octanol–water partition coefficient (Wildman–Crippen LogP) is 7.89. The average molecular weight is 656 g/mol. The Balaban J connectivity index is 1.31. The Kier molecular flexibility index (Phi) is 10.8. The van der Waals surface area contributed by atoms with Crippen molar-refractivity contribution in [1.82, 2.24) is 5.32 Å². The molecule has 0 aliphatic heterocycles. The third-order valence-corrected chi connectivity index (χ3v) is 8.47. The number of carbonyl (C=O) groups is 4. The Labute approximate surface area is 282 Å². The van der Waals surface area contributed by atoms with Crippen LogP contribution in [0.2, 0.25) is 0 Å². The maximum absolute atomic E-state index is 13.6. The van der Waals surface area contributed by atoms with Crippen LogP contribution in [0.5, 0.6) is 0 Å². The highest BCUT2D eigenvalue weighted by Crippen LogP contribution is 2.28. The first-order valence-corrected chi connectivity index (χ1v) is 16.0. The van der Waals surface area contributed by atoms with Gasteiger partial charge in [0.2, 0.25) is 5.91 Å². The Bertz CT molecular complexity index is 1980. The van der Waals surface area contributed by atoms with Gasteiger partial charge in [0.25, 0.3) is 11.8 Å². The number of anilines is 2. The number of amides is 3. The number of hydrogen-bond donors (Lipinski definition) is 4. The van der Waals surface area contributed by atoms with E-state index in [9.17, 15) is 24.3 Å². The molecule has 0 spiro atoms. The summed E-state index contributed by atoms with van der Waals surface area (Å²) in [5, 5.41) is 17.2. The molecule has 5 rings (SSSR count). The summed E-state index contributed by atoms with van der Waals surface area (Å²) in [6, 6.07) is 37.9. The monoisotopic (exact) mass is 655 g/mol. The average Bonchev–Trinajstić information content (AvgIpc) is 3.10. The quantitative estimate of drug-likeness (QED) is 0.0848. The molecule has 0 fully saturated rings. The highest BCUT2D eigenvalue weighted by atomic mass is 32.2. The summed E-state index contributed by atoms with van der Waals surface area (Å²) in [7, 11) is 0. The van der Waals surface area contributed by atoms with Gasteiger partial charge >= 0.3 is 5.97 Å². The van der Waals surface area contributed by atoms with Crippen molar-refractivity contribution in [1.29, 1.82) is 0 Å². The number of carboxylic acids is 1. The Morgan fingerprint density at radius 2 is 1.38 bits per heavy atom. The number of rotatable bonds is 11. The summed E-state index contributed by atoms with van der Waals surface area (Å²) in [6.45, 7) is 3.53. The second-order valence-corrected chi connectivity index (χ2v) is 12.3. The van der Waals surface area contributed by atoms with Gasteiger partial charge < -0.3 is 21.1 Å². The molecule has 8 nitrogen and oxygen atoms in total. The van der Waals surface area contributed by atoms with Crippen LogP contribution in [-0.2, 0) is 9.59 Å². The van der Waals surface area contributed by atoms with Gasteiger partial charge in [-0.1, -0.05) is 84.9 Å². The van der Waals surface area contributed by atoms with Crippen molar-refractivity contribution in [3.63, 3.8) is 0 Å². The van der Waals surface area contributed by atoms with E-state index >= 15 is 0 Å². The lowest BCUT2D eigenvalue weighted by atomic mass is 10.0. The molecule has 240 valence electrons. The molecule has 0 aromatic heterocycles. The van der Waals surface area contributed by atoms with Crippen molar-refractivity contribution in [2.45, 2.75) is 24.0 Å². The van der Waals surface area contributed by atoms with Gasteiger partial charge in [0, 0.05) is 21.8 Å². The van der Waals surface area contributed by atoms with Crippen LogP contribution in [0.1, 0.15) is 38.8 Å². The summed E-state index contributed by atoms with van der Waals surface area (Å²) >= 11 is 1.28. The van der Waals surface area contributed by atoms with E-state index in [2.05, 4.69) is 16.0 Å². The normalized spacial score (nSPS) is 11.7. The molecule has 48 heavy (non-hydrogen) atoms. The van der Waals surface area contributed by atoms with E-state index in [1.807, 2.05) is 66.7 Å². The third kappa shape index (κ3) is 8.86. The molecule has 1 unspecified atom stereocenters. The molecule has 0 aliphatic rings. The first-order chi connectivity index (χ1) is 23.2. The smallest absolute Gasteiger partial charge is 0.335 e. The molecule has 9 heteroatoms. The second-order valence-electron chi connectivity index (χ2n) is 10.9. The van der Waals surface area contributed by atoms with E-state index in [1.165, 1.54) is 23.9 Å². The summed E-state index contributed by atoms with van der Waals surface area (Å²) in [6.07, 6.45) is 1.62. The van der Waals surface area contributed by atoms with Crippen LogP contribution in [0.4, 0.5) is 11.4 Å². The van der Waals surface area contributed by atoms with Crippen LogP contribution >= 0.6 is 11.8 Å². The van der Waals surface area contributed by atoms with E-state index in [4.69, 9.17) is 0 Å². The fourth-order valence-electron chi connectivity index (χ4n) is 4.74. The molecule has 0 aliphatic carbocycles. The predicted molar refractivity (Wildman–Crippen MR) is 191 cm³/mol. The van der Waals surface area contributed by atoms with Crippen molar-refractivity contribution in [2.75, 3.05) is 10.6 Å². The van der Waals surface area contributed by atoms with Crippen LogP contribution in [0.25, 0.3) is 17.2 Å². The number of thioether (sulfide) groups is 1. The highest BCUT2D eigenvalue weighted by molar-refractivity contribution is 8.00. The number of aryl methyl sites for hydroxylation is 1. The largest absolute Gasteiger partial charge is 0.478 e. The standard InChI is InChI=1S/C39H33N3O5S/c1-25-16-19-31(39(46)47)23-34(25)41-36(43)26(2)48-33-15-9-14-32(24-33)40-38(45)35(42-37(44)30-12-7-4-8-13-30)22-27-17-20-29(21-18-27)28-10-5-3-6-11-28/h3-24,26H,1-2H3,(H,40,45)(H,41,43)(H,42,44)(H,46,47)/b35-22+. The highest BCUT2D eigenvalue weighted by Gasteiger charge is 2.18. The number of carboxylic acid groups (broad SMARTS) is 1. The maximum atomic E-state index is 13.6. The number of aromatic carboxylic acids is 1. The first-order valence-electron chi connectivity index (χ1n) is 15.1. The molecule has 1 atom stereocenters. The maximum Gasteiger partial charge on any atom is 0.335 e. The summed E-state index contributed by atoms with van der Waals surface area (Å²) in [5.41, 5.74) is 5.00. The lowest BCUT2D eigenvalue weighted by molar-refractivity contribution is -0.115. The minimum absolute atomic E-state index is 0.0566.